The molecule has 4 nitrogen and oxygen atoms in total. The summed E-state index contributed by atoms with van der Waals surface area (Å²) in [7, 11) is 0. The van der Waals surface area contributed by atoms with Crippen molar-refractivity contribution in [1.29, 1.82) is 0 Å². The Balaban J connectivity index is 1.11. The fourth-order valence-electron chi connectivity index (χ4n) is 7.26. The molecule has 0 radical (unpaired) electrons. The van der Waals surface area contributed by atoms with E-state index in [2.05, 4.69) is 161 Å². The Morgan fingerprint density at radius 3 is 2.06 bits per heavy atom. The van der Waals surface area contributed by atoms with Crippen molar-refractivity contribution in [2.75, 3.05) is 0 Å². The van der Waals surface area contributed by atoms with Crippen LogP contribution in [0.2, 0.25) is 0 Å². The first-order valence-corrected chi connectivity index (χ1v) is 16.9. The van der Waals surface area contributed by atoms with Crippen LogP contribution in [0.15, 0.2) is 175 Å². The molecule has 1 aromatic heterocycles. The molecule has 0 atom stereocenters. The van der Waals surface area contributed by atoms with Gasteiger partial charge in [0, 0.05) is 27.6 Å². The molecule has 0 fully saturated rings. The van der Waals surface area contributed by atoms with Crippen molar-refractivity contribution in [3.05, 3.63) is 192 Å². The van der Waals surface area contributed by atoms with E-state index in [9.17, 15) is 0 Å². The summed E-state index contributed by atoms with van der Waals surface area (Å²) in [5.41, 5.74) is 10.9. The van der Waals surface area contributed by atoms with Crippen LogP contribution in [-0.2, 0) is 0 Å². The molecule has 0 saturated heterocycles. The van der Waals surface area contributed by atoms with Crippen molar-refractivity contribution in [2.45, 2.75) is 0 Å². The second-order valence-electron chi connectivity index (χ2n) is 12.6. The van der Waals surface area contributed by atoms with E-state index in [-0.39, 0.29) is 0 Å². The molecule has 3 heterocycles. The molecule has 2 aliphatic rings. The van der Waals surface area contributed by atoms with Crippen LogP contribution in [0, 0.1) is 0 Å². The highest BCUT2D eigenvalue weighted by atomic mass is 16.5. The van der Waals surface area contributed by atoms with Gasteiger partial charge in [0.25, 0.3) is 11.7 Å². The molecule has 0 N–H and O–H groups in total. The average molecular weight is 641 g/mol. The molecule has 8 aromatic rings. The zero-order valence-electron chi connectivity index (χ0n) is 27.1. The first-order valence-electron chi connectivity index (χ1n) is 16.9. The summed E-state index contributed by atoms with van der Waals surface area (Å²) in [6, 6.07) is 59.6. The normalized spacial score (nSPS) is 13.3. The maximum absolute atomic E-state index is 6.77. The minimum atomic E-state index is 0.855. The molecule has 234 valence electrons. The number of aromatic nitrogens is 1. The molecule has 2 aliphatic heterocycles. The highest BCUT2D eigenvalue weighted by molar-refractivity contribution is 6.16. The second kappa shape index (κ2) is 11.4. The Kier molecular flexibility index (Phi) is 6.46. The largest absolute Gasteiger partial charge is 0.454 e. The third-order valence-corrected chi connectivity index (χ3v) is 9.63. The van der Waals surface area contributed by atoms with Gasteiger partial charge >= 0.3 is 0 Å². The van der Waals surface area contributed by atoms with Crippen LogP contribution in [0.1, 0.15) is 22.3 Å². The lowest BCUT2D eigenvalue weighted by molar-refractivity contribution is -0.319. The van der Waals surface area contributed by atoms with Gasteiger partial charge in [-0.1, -0.05) is 126 Å². The summed E-state index contributed by atoms with van der Waals surface area (Å²) < 4.78 is 11.4. The van der Waals surface area contributed by atoms with Crippen LogP contribution < -0.4 is 4.74 Å². The van der Waals surface area contributed by atoms with E-state index >= 15 is 0 Å². The topological polar surface area (TPSA) is 29.5 Å². The Morgan fingerprint density at radius 2 is 1.18 bits per heavy atom. The lowest BCUT2D eigenvalue weighted by Crippen LogP contribution is -2.34. The SMILES string of the molecule is C1=Cc2ccc3c4ccccc4n(-c4cccc(-c5cccc(C6=[N+](c7ccccc7)C(c7ccccc7)=N6)c5)c4)c3c2Oc2ccccc21. The Morgan fingerprint density at radius 1 is 0.500 bits per heavy atom. The van der Waals surface area contributed by atoms with Gasteiger partial charge in [-0.2, -0.15) is 4.58 Å². The molecule has 7 aromatic carbocycles. The summed E-state index contributed by atoms with van der Waals surface area (Å²) >= 11 is 0. The first kappa shape index (κ1) is 28.3. The van der Waals surface area contributed by atoms with Gasteiger partial charge in [0.1, 0.15) is 11.4 Å². The van der Waals surface area contributed by atoms with Gasteiger partial charge in [-0.3, -0.25) is 0 Å². The third kappa shape index (κ3) is 4.54. The van der Waals surface area contributed by atoms with Crippen molar-refractivity contribution < 1.29 is 9.31 Å². The first-order chi connectivity index (χ1) is 24.8. The van der Waals surface area contributed by atoms with Gasteiger partial charge in [-0.25, -0.2) is 0 Å². The van der Waals surface area contributed by atoms with Crippen molar-refractivity contribution in [3.63, 3.8) is 0 Å². The fraction of sp³-hybridized carbons (Fsp3) is 0. The summed E-state index contributed by atoms with van der Waals surface area (Å²) in [6.07, 6.45) is 4.30. The monoisotopic (exact) mass is 640 g/mol. The maximum Gasteiger partial charge on any atom is 0.279 e. The number of aliphatic imine (C=N–C) groups is 1. The number of fused-ring (bicyclic) bond motifs is 6. The van der Waals surface area contributed by atoms with E-state index in [4.69, 9.17) is 9.73 Å². The number of benzene rings is 7. The molecule has 50 heavy (non-hydrogen) atoms. The zero-order chi connectivity index (χ0) is 33.0. The Labute approximate surface area is 289 Å². The number of hydrogen-bond donors (Lipinski definition) is 0. The van der Waals surface area contributed by atoms with E-state index in [0.717, 1.165) is 84.3 Å². The smallest absolute Gasteiger partial charge is 0.279 e. The van der Waals surface area contributed by atoms with Gasteiger partial charge in [0.15, 0.2) is 5.75 Å². The summed E-state index contributed by atoms with van der Waals surface area (Å²) in [4.78, 5) is 5.08. The molecule has 0 unspecified atom stereocenters. The van der Waals surface area contributed by atoms with Gasteiger partial charge in [-0.05, 0) is 71.8 Å². The number of ether oxygens (including phenoxy) is 1. The Bertz CT molecular complexity index is 2720. The van der Waals surface area contributed by atoms with Crippen LogP contribution in [0.25, 0.3) is 50.8 Å². The van der Waals surface area contributed by atoms with Crippen molar-refractivity contribution in [3.8, 4) is 28.3 Å². The van der Waals surface area contributed by atoms with E-state index in [1.54, 1.807) is 0 Å². The van der Waals surface area contributed by atoms with Gasteiger partial charge in [0.05, 0.1) is 22.2 Å². The molecule has 0 aliphatic carbocycles. The predicted molar refractivity (Wildman–Crippen MR) is 205 cm³/mol. The highest BCUT2D eigenvalue weighted by Gasteiger charge is 2.33. The van der Waals surface area contributed by atoms with Crippen molar-refractivity contribution in [1.82, 2.24) is 4.57 Å². The number of nitrogens with zero attached hydrogens (tertiary/aromatic N) is 3. The van der Waals surface area contributed by atoms with Crippen molar-refractivity contribution >= 4 is 51.3 Å². The highest BCUT2D eigenvalue weighted by Crippen LogP contribution is 2.44. The fourth-order valence-corrected chi connectivity index (χ4v) is 7.26. The quantitative estimate of drug-likeness (QED) is 0.172. The van der Waals surface area contributed by atoms with E-state index < -0.39 is 0 Å². The lowest BCUT2D eigenvalue weighted by atomic mass is 10.0. The van der Waals surface area contributed by atoms with E-state index in [1.807, 2.05) is 30.3 Å². The van der Waals surface area contributed by atoms with Crippen LogP contribution in [0.5, 0.6) is 11.5 Å². The summed E-state index contributed by atoms with van der Waals surface area (Å²) in [5.74, 6) is 3.60. The molecule has 10 rings (SSSR count). The number of para-hydroxylation sites is 3. The standard InChI is InChI=1S/C46H30N3O/c1-3-14-33(15-4-1)45-47-46(49(45)37-19-5-2-6-20-37)36-18-11-16-34(29-36)35-17-12-21-38(30-35)48-41-23-9-8-22-39(41)40-28-27-32-26-25-31-13-7-10-24-42(31)50-44(32)43(40)48/h1-30H/q+1. The third-order valence-electron chi connectivity index (χ3n) is 9.63. The minimum absolute atomic E-state index is 0.855. The van der Waals surface area contributed by atoms with Crippen LogP contribution in [0.4, 0.5) is 5.69 Å². The van der Waals surface area contributed by atoms with Gasteiger partial charge in [-0.15, -0.1) is 0 Å². The Hall–Kier alpha value is -6.78. The number of amidine groups is 2. The van der Waals surface area contributed by atoms with Gasteiger partial charge in [0.2, 0.25) is 0 Å². The molecule has 0 saturated carbocycles. The summed E-state index contributed by atoms with van der Waals surface area (Å²) in [5, 5.41) is 2.35. The summed E-state index contributed by atoms with van der Waals surface area (Å²) in [6.45, 7) is 0. The van der Waals surface area contributed by atoms with E-state index in [0.29, 0.717) is 0 Å². The van der Waals surface area contributed by atoms with Crippen LogP contribution in [-0.4, -0.2) is 20.8 Å². The molecule has 0 bridgehead atoms. The van der Waals surface area contributed by atoms with Crippen molar-refractivity contribution in [2.24, 2.45) is 4.99 Å². The predicted octanol–water partition coefficient (Wildman–Crippen LogP) is 11.3. The zero-order valence-corrected chi connectivity index (χ0v) is 27.1. The molecule has 0 spiro atoms. The van der Waals surface area contributed by atoms with Crippen LogP contribution >= 0.6 is 0 Å². The number of rotatable bonds is 5. The van der Waals surface area contributed by atoms with Gasteiger partial charge < -0.3 is 9.30 Å². The molecular weight excluding hydrogens is 611 g/mol. The van der Waals surface area contributed by atoms with Crippen LogP contribution in [0.3, 0.4) is 0 Å². The maximum atomic E-state index is 6.77. The van der Waals surface area contributed by atoms with E-state index in [1.165, 1.54) is 5.39 Å². The number of hydrogen-bond acceptors (Lipinski definition) is 2. The lowest BCUT2D eigenvalue weighted by Gasteiger charge is -2.19. The molecule has 0 amide bonds. The average Bonchev–Trinajstić information content (AvgIpc) is 3.38. The second-order valence-corrected chi connectivity index (χ2v) is 12.6. The minimum Gasteiger partial charge on any atom is -0.454 e. The molecule has 4 heteroatoms. The molecular formula is C46H30N3O+.